The van der Waals surface area contributed by atoms with Gasteiger partial charge in [-0.2, -0.15) is 0 Å². The van der Waals surface area contributed by atoms with Crippen molar-refractivity contribution in [2.75, 3.05) is 7.11 Å². The second kappa shape index (κ2) is 4.31. The summed E-state index contributed by atoms with van der Waals surface area (Å²) in [6, 6.07) is 6.02. The summed E-state index contributed by atoms with van der Waals surface area (Å²) in [5.41, 5.74) is 8.50. The number of ether oxygens (including phenoxy) is 2. The van der Waals surface area contributed by atoms with Gasteiger partial charge < -0.3 is 15.2 Å². The van der Waals surface area contributed by atoms with Crippen LogP contribution in [0.15, 0.2) is 18.2 Å². The van der Waals surface area contributed by atoms with E-state index < -0.39 is 0 Å². The van der Waals surface area contributed by atoms with E-state index in [2.05, 4.69) is 26.8 Å². The molecule has 3 heteroatoms. The van der Waals surface area contributed by atoms with Gasteiger partial charge in [0.2, 0.25) is 0 Å². The summed E-state index contributed by atoms with van der Waals surface area (Å²) in [5, 5.41) is 0. The van der Waals surface area contributed by atoms with Gasteiger partial charge >= 0.3 is 0 Å². The van der Waals surface area contributed by atoms with Crippen LogP contribution in [0, 0.1) is 0 Å². The summed E-state index contributed by atoms with van der Waals surface area (Å²) in [6.07, 6.45) is 0.953. The van der Waals surface area contributed by atoms with Crippen LogP contribution in [0.1, 0.15) is 37.9 Å². The lowest BCUT2D eigenvalue weighted by molar-refractivity contribution is -0.0650. The SMILES string of the molecule is COc1ccc2c(c1)C(N)C(OC(C)(C)C)C2. The second-order valence-corrected chi connectivity index (χ2v) is 5.56. The molecule has 17 heavy (non-hydrogen) atoms. The molecule has 0 spiro atoms. The molecular weight excluding hydrogens is 214 g/mol. The summed E-state index contributed by atoms with van der Waals surface area (Å²) >= 11 is 0. The molecule has 1 aliphatic carbocycles. The van der Waals surface area contributed by atoms with Gasteiger partial charge in [-0.25, -0.2) is 0 Å². The Morgan fingerprint density at radius 2 is 2.00 bits per heavy atom. The third-order valence-electron chi connectivity index (χ3n) is 3.04. The van der Waals surface area contributed by atoms with Gasteiger partial charge in [0.05, 0.1) is 24.9 Å². The minimum Gasteiger partial charge on any atom is -0.497 e. The minimum atomic E-state index is -0.158. The largest absolute Gasteiger partial charge is 0.497 e. The van der Waals surface area contributed by atoms with Crippen LogP contribution < -0.4 is 10.5 Å². The number of fused-ring (bicyclic) bond motifs is 1. The maximum atomic E-state index is 6.24. The van der Waals surface area contributed by atoms with Gasteiger partial charge in [-0.05, 0) is 44.0 Å². The van der Waals surface area contributed by atoms with Crippen molar-refractivity contribution >= 4 is 0 Å². The fourth-order valence-electron chi connectivity index (χ4n) is 2.31. The number of hydrogen-bond acceptors (Lipinski definition) is 3. The Bertz CT molecular complexity index is 409. The van der Waals surface area contributed by atoms with E-state index >= 15 is 0 Å². The highest BCUT2D eigenvalue weighted by Gasteiger charge is 2.33. The molecule has 0 saturated carbocycles. The van der Waals surface area contributed by atoms with E-state index in [4.69, 9.17) is 15.2 Å². The van der Waals surface area contributed by atoms with Crippen LogP contribution in [0.25, 0.3) is 0 Å². The summed E-state index contributed by atoms with van der Waals surface area (Å²) in [5.74, 6) is 0.857. The molecule has 1 aromatic rings. The third kappa shape index (κ3) is 2.61. The minimum absolute atomic E-state index is 0.0562. The maximum Gasteiger partial charge on any atom is 0.119 e. The summed E-state index contributed by atoms with van der Waals surface area (Å²) in [6.45, 7) is 6.18. The average Bonchev–Trinajstić information content (AvgIpc) is 2.53. The zero-order valence-electron chi connectivity index (χ0n) is 11.0. The predicted molar refractivity (Wildman–Crippen MR) is 68.3 cm³/mol. The predicted octanol–water partition coefficient (Wildman–Crippen LogP) is 2.43. The first-order valence-corrected chi connectivity index (χ1v) is 6.01. The fourth-order valence-corrected chi connectivity index (χ4v) is 2.31. The molecule has 2 rings (SSSR count). The molecule has 0 aliphatic heterocycles. The van der Waals surface area contributed by atoms with Gasteiger partial charge in [-0.3, -0.25) is 0 Å². The average molecular weight is 235 g/mol. The molecule has 0 fully saturated rings. The van der Waals surface area contributed by atoms with Crippen molar-refractivity contribution in [3.63, 3.8) is 0 Å². The summed E-state index contributed by atoms with van der Waals surface area (Å²) < 4.78 is 11.2. The van der Waals surface area contributed by atoms with Gasteiger partial charge in [0, 0.05) is 6.42 Å². The molecule has 1 aromatic carbocycles. The molecule has 94 valence electrons. The molecule has 3 nitrogen and oxygen atoms in total. The van der Waals surface area contributed by atoms with Crippen LogP contribution in [0.5, 0.6) is 5.75 Å². The van der Waals surface area contributed by atoms with Crippen LogP contribution in [0.3, 0.4) is 0 Å². The second-order valence-electron chi connectivity index (χ2n) is 5.56. The Kier molecular flexibility index (Phi) is 3.15. The molecule has 0 heterocycles. The lowest BCUT2D eigenvalue weighted by atomic mass is 10.1. The molecular formula is C14H21NO2. The highest BCUT2D eigenvalue weighted by atomic mass is 16.5. The van der Waals surface area contributed by atoms with Gasteiger partial charge in [0.25, 0.3) is 0 Å². The summed E-state index contributed by atoms with van der Waals surface area (Å²) in [7, 11) is 1.67. The molecule has 2 unspecified atom stereocenters. The van der Waals surface area contributed by atoms with E-state index in [1.54, 1.807) is 7.11 Å². The Labute approximate surface area is 103 Å². The molecule has 0 saturated heterocycles. The van der Waals surface area contributed by atoms with Crippen LogP contribution >= 0.6 is 0 Å². The quantitative estimate of drug-likeness (QED) is 0.856. The van der Waals surface area contributed by atoms with E-state index in [1.807, 2.05) is 12.1 Å². The van der Waals surface area contributed by atoms with Crippen molar-refractivity contribution < 1.29 is 9.47 Å². The van der Waals surface area contributed by atoms with E-state index in [1.165, 1.54) is 5.56 Å². The first-order valence-electron chi connectivity index (χ1n) is 6.01. The zero-order chi connectivity index (χ0) is 12.6. The Hall–Kier alpha value is -1.06. The zero-order valence-corrected chi connectivity index (χ0v) is 11.0. The molecule has 1 aliphatic rings. The van der Waals surface area contributed by atoms with Gasteiger partial charge in [0.1, 0.15) is 5.75 Å². The van der Waals surface area contributed by atoms with Crippen LogP contribution in [0.4, 0.5) is 0 Å². The normalized spacial score (nSPS) is 23.6. The van der Waals surface area contributed by atoms with E-state index in [0.29, 0.717) is 0 Å². The number of rotatable bonds is 2. The third-order valence-corrected chi connectivity index (χ3v) is 3.04. The Morgan fingerprint density at radius 1 is 1.29 bits per heavy atom. The number of methoxy groups -OCH3 is 1. The van der Waals surface area contributed by atoms with Crippen molar-refractivity contribution in [2.24, 2.45) is 5.73 Å². The lowest BCUT2D eigenvalue weighted by Gasteiger charge is -2.27. The van der Waals surface area contributed by atoms with Crippen molar-refractivity contribution in [2.45, 2.75) is 44.9 Å². The van der Waals surface area contributed by atoms with Crippen LogP contribution in [0.2, 0.25) is 0 Å². The van der Waals surface area contributed by atoms with Crippen molar-refractivity contribution in [1.29, 1.82) is 0 Å². The number of hydrogen-bond donors (Lipinski definition) is 1. The number of benzene rings is 1. The maximum absolute atomic E-state index is 6.24. The first kappa shape index (κ1) is 12.4. The highest BCUT2D eigenvalue weighted by molar-refractivity contribution is 5.42. The fraction of sp³-hybridized carbons (Fsp3) is 0.571. The lowest BCUT2D eigenvalue weighted by Crippen LogP contribution is -2.33. The van der Waals surface area contributed by atoms with E-state index in [9.17, 15) is 0 Å². The van der Waals surface area contributed by atoms with Crippen molar-refractivity contribution in [1.82, 2.24) is 0 Å². The molecule has 0 radical (unpaired) electrons. The van der Waals surface area contributed by atoms with Gasteiger partial charge in [-0.1, -0.05) is 6.07 Å². The molecule has 2 atom stereocenters. The van der Waals surface area contributed by atoms with Crippen molar-refractivity contribution in [3.05, 3.63) is 29.3 Å². The van der Waals surface area contributed by atoms with Gasteiger partial charge in [-0.15, -0.1) is 0 Å². The Balaban J connectivity index is 2.20. The van der Waals surface area contributed by atoms with Crippen LogP contribution in [-0.2, 0) is 11.2 Å². The number of nitrogens with two attached hydrogens (primary N) is 1. The first-order chi connectivity index (χ1) is 7.90. The molecule has 0 aromatic heterocycles. The molecule has 2 N–H and O–H groups in total. The molecule has 0 amide bonds. The summed E-state index contributed by atoms with van der Waals surface area (Å²) in [4.78, 5) is 0. The van der Waals surface area contributed by atoms with Crippen molar-refractivity contribution in [3.8, 4) is 5.75 Å². The standard InChI is InChI=1S/C14H21NO2/c1-14(2,3)17-12-7-9-5-6-10(16-4)8-11(9)13(12)15/h5-6,8,12-13H,7,15H2,1-4H3. The van der Waals surface area contributed by atoms with E-state index in [0.717, 1.165) is 17.7 Å². The topological polar surface area (TPSA) is 44.5 Å². The van der Waals surface area contributed by atoms with Gasteiger partial charge in [0.15, 0.2) is 0 Å². The highest BCUT2D eigenvalue weighted by Crippen LogP contribution is 2.35. The molecule has 0 bridgehead atoms. The van der Waals surface area contributed by atoms with Crippen LogP contribution in [-0.4, -0.2) is 18.8 Å². The monoisotopic (exact) mass is 235 g/mol. The van der Waals surface area contributed by atoms with E-state index in [-0.39, 0.29) is 17.7 Å². The Morgan fingerprint density at radius 3 is 2.59 bits per heavy atom. The smallest absolute Gasteiger partial charge is 0.119 e.